The molecule has 16 nitrogen and oxygen atoms in total. The molecule has 592 valence electrons. The first-order valence-corrected chi connectivity index (χ1v) is 36.5. The molecule has 1 saturated carbocycles. The highest BCUT2D eigenvalue weighted by atomic mass is 19.4. The number of fused-ring (bicyclic) bond motifs is 1. The van der Waals surface area contributed by atoms with Crippen molar-refractivity contribution in [2.45, 2.75) is 149 Å². The fraction of sp³-hybridized carbons (Fsp3) is 0.457. The Labute approximate surface area is 626 Å². The monoisotopic (exact) mass is 1510 g/mol. The SMILES string of the molecule is C1=CCNC1.C1CCC2CNCCC2C1.C1CCNC1.CC1CNCC(C)O1.CCOC(=O)C1CCNCC1.NCc1cc(C(F)(F)F)cc(C(F)(F)F)c1.NCc1ccc(-c2ccccc2)cc1.NCc1ccc(OC(F)(F)F)cc1.NCc1cccc(F)c1.NCc1ccccc1.NCc1ccncc1. The molecule has 1 aromatic heterocycles. The van der Waals surface area contributed by atoms with E-state index in [1.54, 1.807) is 24.5 Å². The summed E-state index contributed by atoms with van der Waals surface area (Å²) in [5.74, 6) is 1.81. The first-order valence-electron chi connectivity index (χ1n) is 36.5. The maximum Gasteiger partial charge on any atom is 0.573 e. The van der Waals surface area contributed by atoms with Crippen LogP contribution in [0, 0.1) is 23.6 Å². The number of carbonyl (C=O) groups is 1. The standard InChI is InChI=1S/C13H13N.C9H7F6N.C9H17N.C8H8F3NO.C8H15NO2.C7H8FN.C7H9N.C6H8N2.C6H13NO.C4H9N.C4H7N/c14-10-11-6-8-13(9-7-11)12-4-2-1-3-5-12;10-8(11,12)6-1-5(4-16)2-7(3-6)9(13,14)15;1-2-4-9-7-10-6-5-8(9)3-1;9-8(10,11)13-7-3-1-6(5-12)2-4-7;1-2-11-8(10)7-3-5-9-6-4-7;8-7-3-1-2-6(4-7)5-9;8-6-7-4-2-1-3-5-7;7-5-6-1-3-8-4-2-6;1-5-3-7-4-6(2)8-5;2*1-2-4-5-3-1/h1-9H,10,14H2;1-3H,4,16H2;8-10H,1-7H2;1-4H,5,12H2;7,9H,2-6H2,1H3;1-4H,5,9H2;1-5H,6,8H2;1-4H,5,7H2;5-7H,3-4H2,1-2H3;5H,1-4H2;1-2,5H,3-4H2. The first kappa shape index (κ1) is 93.5. The van der Waals surface area contributed by atoms with E-state index in [0.717, 1.165) is 80.6 Å². The number of morpholine rings is 1. The minimum absolute atomic E-state index is 0.0194. The second-order valence-corrected chi connectivity index (χ2v) is 25.4. The number of benzene rings is 6. The number of nitrogens with zero attached hydrogens (tertiary/aromatic N) is 1. The summed E-state index contributed by atoms with van der Waals surface area (Å²) in [7, 11) is 0. The number of hydrogen-bond acceptors (Lipinski definition) is 16. The van der Waals surface area contributed by atoms with E-state index in [-0.39, 0.29) is 41.6 Å². The van der Waals surface area contributed by atoms with Crippen molar-refractivity contribution in [2.24, 2.45) is 52.2 Å². The van der Waals surface area contributed by atoms with Crippen LogP contribution >= 0.6 is 0 Å². The maximum atomic E-state index is 12.3. The number of alkyl halides is 9. The van der Waals surface area contributed by atoms with Gasteiger partial charge in [0.1, 0.15) is 11.6 Å². The summed E-state index contributed by atoms with van der Waals surface area (Å²) >= 11 is 0. The Balaban J connectivity index is 0.000000309. The normalized spacial score (nSPS) is 17.7. The fourth-order valence-corrected chi connectivity index (χ4v) is 11.1. The van der Waals surface area contributed by atoms with Crippen molar-refractivity contribution in [3.63, 3.8) is 0 Å². The van der Waals surface area contributed by atoms with Gasteiger partial charge in [0, 0.05) is 77.8 Å². The quantitative estimate of drug-likeness (QED) is 0.0345. The van der Waals surface area contributed by atoms with Gasteiger partial charge in [0.2, 0.25) is 0 Å². The molecule has 1 aliphatic carbocycles. The lowest BCUT2D eigenvalue weighted by molar-refractivity contribution is -0.274. The highest BCUT2D eigenvalue weighted by Crippen LogP contribution is 2.37. The van der Waals surface area contributed by atoms with Gasteiger partial charge in [-0.25, -0.2) is 4.39 Å². The second kappa shape index (κ2) is 54.8. The molecular formula is C81H114F10N12O4. The number of ether oxygens (including phenoxy) is 3. The largest absolute Gasteiger partial charge is 0.573 e. The molecule has 13 rings (SSSR count). The minimum Gasteiger partial charge on any atom is -0.466 e. The molecule has 0 bridgehead atoms. The molecule has 7 aromatic rings. The summed E-state index contributed by atoms with van der Waals surface area (Å²) in [5.41, 5.74) is 36.4. The Morgan fingerprint density at radius 2 is 0.916 bits per heavy atom. The molecule has 6 aliphatic rings. The molecule has 0 spiro atoms. The number of rotatable bonds is 10. The van der Waals surface area contributed by atoms with E-state index in [9.17, 15) is 48.7 Å². The molecule has 4 unspecified atom stereocenters. The van der Waals surface area contributed by atoms with Crippen molar-refractivity contribution < 1.29 is 62.9 Å². The van der Waals surface area contributed by atoms with Crippen LogP contribution in [0.3, 0.4) is 0 Å². The second-order valence-electron chi connectivity index (χ2n) is 25.4. The number of carbonyl (C=O) groups excluding carboxylic acids is 1. The van der Waals surface area contributed by atoms with Crippen LogP contribution in [-0.2, 0) is 65.9 Å². The Morgan fingerprint density at radius 1 is 0.458 bits per heavy atom. The summed E-state index contributed by atoms with van der Waals surface area (Å²) < 4.78 is 135. The molecule has 26 heteroatoms. The zero-order valence-corrected chi connectivity index (χ0v) is 62.0. The van der Waals surface area contributed by atoms with E-state index in [1.165, 1.54) is 130 Å². The van der Waals surface area contributed by atoms with Gasteiger partial charge in [0.05, 0.1) is 35.9 Å². The lowest BCUT2D eigenvalue weighted by Gasteiger charge is -2.35. The Kier molecular flexibility index (Phi) is 47.9. The average Bonchev–Trinajstić information content (AvgIpc) is 0.826. The van der Waals surface area contributed by atoms with Crippen molar-refractivity contribution in [3.8, 4) is 16.9 Å². The number of halogens is 10. The number of esters is 1. The zero-order valence-electron chi connectivity index (χ0n) is 62.0. The molecule has 4 atom stereocenters. The van der Waals surface area contributed by atoms with E-state index in [4.69, 9.17) is 43.9 Å². The number of aromatic nitrogens is 1. The third-order valence-electron chi connectivity index (χ3n) is 16.9. The Hall–Kier alpha value is -7.70. The van der Waals surface area contributed by atoms with E-state index in [2.05, 4.69) is 98.7 Å². The van der Waals surface area contributed by atoms with E-state index in [1.807, 2.05) is 67.6 Å². The average molecular weight is 1510 g/mol. The number of nitrogens with one attached hydrogen (secondary N) is 5. The van der Waals surface area contributed by atoms with Gasteiger partial charge < -0.3 is 75.2 Å². The van der Waals surface area contributed by atoms with Crippen molar-refractivity contribution in [1.29, 1.82) is 0 Å². The lowest BCUT2D eigenvalue weighted by atomic mass is 9.76. The van der Waals surface area contributed by atoms with Gasteiger partial charge in [-0.05, 0) is 210 Å². The molecule has 4 saturated heterocycles. The maximum absolute atomic E-state index is 12.3. The summed E-state index contributed by atoms with van der Waals surface area (Å²) in [6, 6.07) is 45.5. The van der Waals surface area contributed by atoms with Gasteiger partial charge >= 0.3 is 24.7 Å². The Bertz CT molecular complexity index is 3270. The Morgan fingerprint density at radius 3 is 1.32 bits per heavy atom. The predicted octanol–water partition coefficient (Wildman–Crippen LogP) is 14.2. The minimum atomic E-state index is -4.81. The number of hydrogen-bond donors (Lipinski definition) is 11. The topological polar surface area (TPSA) is 274 Å². The van der Waals surface area contributed by atoms with Crippen LogP contribution in [0.2, 0.25) is 0 Å². The number of pyridine rings is 1. The molecule has 6 heterocycles. The molecule has 6 aromatic carbocycles. The van der Waals surface area contributed by atoms with E-state index in [0.29, 0.717) is 63.7 Å². The molecule has 5 fully saturated rings. The zero-order chi connectivity index (χ0) is 78.6. The van der Waals surface area contributed by atoms with Crippen LogP contribution in [0.25, 0.3) is 11.1 Å². The molecule has 0 radical (unpaired) electrons. The van der Waals surface area contributed by atoms with Crippen LogP contribution in [0.15, 0.2) is 188 Å². The summed E-state index contributed by atoms with van der Waals surface area (Å²) in [6.45, 7) is 19.8. The number of piperidine rings is 2. The van der Waals surface area contributed by atoms with Crippen LogP contribution in [0.5, 0.6) is 5.75 Å². The number of nitrogens with two attached hydrogens (primary N) is 6. The smallest absolute Gasteiger partial charge is 0.466 e. The molecule has 5 aliphatic heterocycles. The first-order chi connectivity index (χ1) is 51.3. The summed E-state index contributed by atoms with van der Waals surface area (Å²) in [5, 5.41) is 16.3. The molecule has 17 N–H and O–H groups in total. The third-order valence-corrected chi connectivity index (χ3v) is 16.9. The van der Waals surface area contributed by atoms with Gasteiger partial charge in [0.15, 0.2) is 0 Å². The molecule has 0 amide bonds. The van der Waals surface area contributed by atoms with Crippen molar-refractivity contribution in [2.75, 3.05) is 72.1 Å². The summed E-state index contributed by atoms with van der Waals surface area (Å²) in [4.78, 5) is 15.0. The summed E-state index contributed by atoms with van der Waals surface area (Å²) in [6.07, 6.45) is 6.36. The van der Waals surface area contributed by atoms with Gasteiger partial charge in [-0.3, -0.25) is 9.78 Å². The lowest BCUT2D eigenvalue weighted by Crippen LogP contribution is -2.41. The van der Waals surface area contributed by atoms with Gasteiger partial charge in [-0.15, -0.1) is 13.2 Å². The molecule has 107 heavy (non-hydrogen) atoms. The van der Waals surface area contributed by atoms with E-state index < -0.39 is 29.8 Å². The molecular weight excluding hydrogens is 1390 g/mol. The third kappa shape index (κ3) is 43.8. The van der Waals surface area contributed by atoms with Gasteiger partial charge in [-0.1, -0.05) is 141 Å². The van der Waals surface area contributed by atoms with Crippen molar-refractivity contribution in [1.82, 2.24) is 31.6 Å². The van der Waals surface area contributed by atoms with Crippen molar-refractivity contribution >= 4 is 5.97 Å². The van der Waals surface area contributed by atoms with Gasteiger partial charge in [-0.2, -0.15) is 26.3 Å². The van der Waals surface area contributed by atoms with Crippen LogP contribution in [0.1, 0.15) is 123 Å². The highest BCUT2D eigenvalue weighted by molar-refractivity contribution is 5.72. The van der Waals surface area contributed by atoms with Crippen molar-refractivity contribution in [3.05, 3.63) is 239 Å². The van der Waals surface area contributed by atoms with E-state index >= 15 is 0 Å². The van der Waals surface area contributed by atoms with Gasteiger partial charge in [0.25, 0.3) is 0 Å². The highest BCUT2D eigenvalue weighted by Gasteiger charge is 2.37. The van der Waals surface area contributed by atoms with Crippen LogP contribution < -0.4 is 65.7 Å². The van der Waals surface area contributed by atoms with Crippen LogP contribution in [-0.4, -0.2) is 102 Å². The van der Waals surface area contributed by atoms with Crippen LogP contribution in [0.4, 0.5) is 43.9 Å². The predicted molar refractivity (Wildman–Crippen MR) is 408 cm³/mol. The fourth-order valence-electron chi connectivity index (χ4n) is 11.1.